The van der Waals surface area contributed by atoms with Crippen molar-refractivity contribution in [3.8, 4) is 0 Å². The SMILES string of the molecule is Cc1nc(N2CCCC2)cc(N2CCN(Cc3cnoc3C)CC2)n1. The molecular weight excluding hydrogens is 316 g/mol. The molecule has 0 saturated carbocycles. The van der Waals surface area contributed by atoms with E-state index in [0.717, 1.165) is 69.0 Å². The summed E-state index contributed by atoms with van der Waals surface area (Å²) in [5.74, 6) is 3.93. The first kappa shape index (κ1) is 16.3. The molecule has 0 N–H and O–H groups in total. The van der Waals surface area contributed by atoms with E-state index in [1.165, 1.54) is 18.4 Å². The Morgan fingerprint density at radius 2 is 1.56 bits per heavy atom. The molecule has 0 radical (unpaired) electrons. The van der Waals surface area contributed by atoms with Crippen molar-refractivity contribution in [1.82, 2.24) is 20.0 Å². The number of hydrogen-bond donors (Lipinski definition) is 0. The molecule has 0 unspecified atom stereocenters. The zero-order chi connectivity index (χ0) is 17.2. The molecule has 2 aliphatic rings. The molecule has 7 heteroatoms. The minimum absolute atomic E-state index is 0.863. The zero-order valence-corrected chi connectivity index (χ0v) is 15.1. The summed E-state index contributed by atoms with van der Waals surface area (Å²) in [6.07, 6.45) is 4.36. The van der Waals surface area contributed by atoms with Crippen LogP contribution < -0.4 is 9.80 Å². The predicted molar refractivity (Wildman–Crippen MR) is 96.9 cm³/mol. The fraction of sp³-hybridized carbons (Fsp3) is 0.611. The Morgan fingerprint density at radius 3 is 2.16 bits per heavy atom. The Balaban J connectivity index is 1.41. The molecule has 4 rings (SSSR count). The van der Waals surface area contributed by atoms with Crippen molar-refractivity contribution in [2.75, 3.05) is 49.1 Å². The molecule has 2 aromatic rings. The van der Waals surface area contributed by atoms with Gasteiger partial charge in [0.05, 0.1) is 6.20 Å². The maximum absolute atomic E-state index is 5.16. The maximum Gasteiger partial charge on any atom is 0.138 e. The first-order chi connectivity index (χ1) is 12.2. The van der Waals surface area contributed by atoms with Crippen LogP contribution in [0.4, 0.5) is 11.6 Å². The Labute approximate surface area is 148 Å². The van der Waals surface area contributed by atoms with Gasteiger partial charge in [0.1, 0.15) is 23.2 Å². The van der Waals surface area contributed by atoms with Crippen LogP contribution in [0, 0.1) is 13.8 Å². The molecule has 7 nitrogen and oxygen atoms in total. The lowest BCUT2D eigenvalue weighted by molar-refractivity contribution is 0.247. The molecule has 134 valence electrons. The van der Waals surface area contributed by atoms with E-state index in [4.69, 9.17) is 4.52 Å². The monoisotopic (exact) mass is 342 g/mol. The van der Waals surface area contributed by atoms with Gasteiger partial charge < -0.3 is 14.3 Å². The quantitative estimate of drug-likeness (QED) is 0.842. The molecule has 4 heterocycles. The van der Waals surface area contributed by atoms with Crippen molar-refractivity contribution < 1.29 is 4.52 Å². The molecule has 2 aromatic heterocycles. The second-order valence-electron chi connectivity index (χ2n) is 7.00. The van der Waals surface area contributed by atoms with Crippen LogP contribution in [0.1, 0.15) is 30.0 Å². The summed E-state index contributed by atoms with van der Waals surface area (Å²) in [6.45, 7) is 11.1. The minimum Gasteiger partial charge on any atom is -0.361 e. The first-order valence-corrected chi connectivity index (χ1v) is 9.17. The van der Waals surface area contributed by atoms with E-state index in [1.54, 1.807) is 0 Å². The second kappa shape index (κ2) is 7.00. The maximum atomic E-state index is 5.16. The number of rotatable bonds is 4. The zero-order valence-electron chi connectivity index (χ0n) is 15.1. The van der Waals surface area contributed by atoms with Gasteiger partial charge in [-0.2, -0.15) is 0 Å². The molecule has 0 amide bonds. The summed E-state index contributed by atoms with van der Waals surface area (Å²) in [7, 11) is 0. The Kier molecular flexibility index (Phi) is 4.57. The summed E-state index contributed by atoms with van der Waals surface area (Å²) in [5, 5.41) is 3.87. The number of aryl methyl sites for hydroxylation is 2. The van der Waals surface area contributed by atoms with Gasteiger partial charge in [-0.1, -0.05) is 5.16 Å². The highest BCUT2D eigenvalue weighted by molar-refractivity contribution is 5.51. The van der Waals surface area contributed by atoms with Gasteiger partial charge in [-0.25, -0.2) is 9.97 Å². The number of hydrogen-bond acceptors (Lipinski definition) is 7. The van der Waals surface area contributed by atoms with Crippen LogP contribution in [-0.2, 0) is 6.54 Å². The molecule has 25 heavy (non-hydrogen) atoms. The summed E-state index contributed by atoms with van der Waals surface area (Å²) in [4.78, 5) is 16.5. The van der Waals surface area contributed by atoms with Crippen LogP contribution in [-0.4, -0.2) is 59.3 Å². The highest BCUT2D eigenvalue weighted by Crippen LogP contribution is 2.23. The van der Waals surface area contributed by atoms with E-state index in [2.05, 4.69) is 35.9 Å². The molecular formula is C18H26N6O. The predicted octanol–water partition coefficient (Wildman–Crippen LogP) is 2.00. The molecule has 0 aliphatic carbocycles. The van der Waals surface area contributed by atoms with Crippen molar-refractivity contribution >= 4 is 11.6 Å². The van der Waals surface area contributed by atoms with E-state index in [0.29, 0.717) is 0 Å². The molecule has 2 fully saturated rings. The van der Waals surface area contributed by atoms with Crippen molar-refractivity contribution in [1.29, 1.82) is 0 Å². The van der Waals surface area contributed by atoms with Gasteiger partial charge >= 0.3 is 0 Å². The normalized spacial score (nSPS) is 19.0. The summed E-state index contributed by atoms with van der Waals surface area (Å²) < 4.78 is 5.16. The lowest BCUT2D eigenvalue weighted by Gasteiger charge is -2.35. The number of anilines is 2. The van der Waals surface area contributed by atoms with Crippen molar-refractivity contribution in [2.45, 2.75) is 33.2 Å². The highest BCUT2D eigenvalue weighted by Gasteiger charge is 2.22. The van der Waals surface area contributed by atoms with E-state index < -0.39 is 0 Å². The van der Waals surface area contributed by atoms with Crippen LogP contribution in [0.25, 0.3) is 0 Å². The summed E-state index contributed by atoms with van der Waals surface area (Å²) >= 11 is 0. The van der Waals surface area contributed by atoms with Crippen LogP contribution in [0.2, 0.25) is 0 Å². The number of nitrogens with zero attached hydrogens (tertiary/aromatic N) is 6. The van der Waals surface area contributed by atoms with Crippen LogP contribution in [0.15, 0.2) is 16.8 Å². The van der Waals surface area contributed by atoms with Gasteiger partial charge in [-0.15, -0.1) is 0 Å². The smallest absolute Gasteiger partial charge is 0.138 e. The third-order valence-electron chi connectivity index (χ3n) is 5.18. The highest BCUT2D eigenvalue weighted by atomic mass is 16.5. The lowest BCUT2D eigenvalue weighted by atomic mass is 10.2. The largest absolute Gasteiger partial charge is 0.361 e. The molecule has 0 aromatic carbocycles. The summed E-state index contributed by atoms with van der Waals surface area (Å²) in [6, 6.07) is 2.16. The van der Waals surface area contributed by atoms with Gasteiger partial charge in [0.2, 0.25) is 0 Å². The van der Waals surface area contributed by atoms with E-state index in [9.17, 15) is 0 Å². The lowest BCUT2D eigenvalue weighted by Crippen LogP contribution is -2.46. The van der Waals surface area contributed by atoms with Crippen molar-refractivity contribution in [3.05, 3.63) is 29.4 Å². The van der Waals surface area contributed by atoms with Gasteiger partial charge in [0, 0.05) is 57.4 Å². The molecule has 0 spiro atoms. The van der Waals surface area contributed by atoms with E-state index in [-0.39, 0.29) is 0 Å². The molecule has 2 saturated heterocycles. The topological polar surface area (TPSA) is 61.5 Å². The van der Waals surface area contributed by atoms with Gasteiger partial charge in [0.15, 0.2) is 0 Å². The third kappa shape index (κ3) is 3.61. The van der Waals surface area contributed by atoms with Gasteiger partial charge in [0.25, 0.3) is 0 Å². The average Bonchev–Trinajstić information content (AvgIpc) is 3.28. The number of aromatic nitrogens is 3. The molecule has 0 bridgehead atoms. The van der Waals surface area contributed by atoms with Crippen LogP contribution >= 0.6 is 0 Å². The number of piperazine rings is 1. The first-order valence-electron chi connectivity index (χ1n) is 9.17. The Morgan fingerprint density at radius 1 is 0.920 bits per heavy atom. The van der Waals surface area contributed by atoms with Crippen molar-refractivity contribution in [3.63, 3.8) is 0 Å². The minimum atomic E-state index is 0.863. The van der Waals surface area contributed by atoms with E-state index in [1.807, 2.05) is 20.0 Å². The standard InChI is InChI=1S/C18H26N6O/c1-14-16(12-19-25-14)13-22-7-9-24(10-8-22)18-11-17(20-15(2)21-18)23-5-3-4-6-23/h11-12H,3-10,13H2,1-2H3. The van der Waals surface area contributed by atoms with E-state index >= 15 is 0 Å². The second-order valence-corrected chi connectivity index (χ2v) is 7.00. The summed E-state index contributed by atoms with van der Waals surface area (Å²) in [5.41, 5.74) is 1.18. The fourth-order valence-corrected chi connectivity index (χ4v) is 3.65. The Hall–Kier alpha value is -2.15. The third-order valence-corrected chi connectivity index (χ3v) is 5.18. The van der Waals surface area contributed by atoms with Crippen LogP contribution in [0.5, 0.6) is 0 Å². The van der Waals surface area contributed by atoms with Gasteiger partial charge in [-0.05, 0) is 26.7 Å². The van der Waals surface area contributed by atoms with Crippen LogP contribution in [0.3, 0.4) is 0 Å². The Bertz CT molecular complexity index is 716. The average molecular weight is 342 g/mol. The molecule has 2 aliphatic heterocycles. The van der Waals surface area contributed by atoms with Crippen molar-refractivity contribution in [2.24, 2.45) is 0 Å². The van der Waals surface area contributed by atoms with Gasteiger partial charge in [-0.3, -0.25) is 4.90 Å². The fourth-order valence-electron chi connectivity index (χ4n) is 3.65. The molecule has 0 atom stereocenters.